The van der Waals surface area contributed by atoms with E-state index in [1.807, 2.05) is 45.2 Å². The summed E-state index contributed by atoms with van der Waals surface area (Å²) in [5.74, 6) is 0. The van der Waals surface area contributed by atoms with Gasteiger partial charge in [0.15, 0.2) is 0 Å². The minimum absolute atomic E-state index is 0.0565. The minimum atomic E-state index is -0.441. The molecule has 1 aromatic carbocycles. The van der Waals surface area contributed by atoms with Crippen LogP contribution in [0.3, 0.4) is 0 Å². The Balaban J connectivity index is 3.36. The largest absolute Gasteiger partial charge is 0.284 e. The number of halogens is 3. The molecule has 0 aliphatic heterocycles. The van der Waals surface area contributed by atoms with Crippen molar-refractivity contribution in [2.75, 3.05) is 0 Å². The zero-order chi connectivity index (χ0) is 9.30. The van der Waals surface area contributed by atoms with E-state index in [0.29, 0.717) is 8.59 Å². The number of nitrogens with zero attached hydrogens (tertiary/aromatic N) is 1. The van der Waals surface area contributed by atoms with Crippen LogP contribution in [0.5, 0.6) is 0 Å². The Morgan fingerprint density at radius 2 is 2.00 bits per heavy atom. The summed E-state index contributed by atoms with van der Waals surface area (Å²) in [6.07, 6.45) is 0. The van der Waals surface area contributed by atoms with Gasteiger partial charge in [0, 0.05) is 9.64 Å². The number of benzene rings is 1. The standard InChI is InChI=1S/C6H2ClI2NO2/c7-5-3(8)1-2-4(6(5)9)10(11)12/h1-2H. The fourth-order valence-electron chi connectivity index (χ4n) is 0.657. The molecule has 12 heavy (non-hydrogen) atoms. The molecule has 1 rings (SSSR count). The molecule has 1 aromatic rings. The Morgan fingerprint density at radius 1 is 1.42 bits per heavy atom. The molecule has 0 fully saturated rings. The van der Waals surface area contributed by atoms with E-state index in [1.54, 1.807) is 6.07 Å². The maximum absolute atomic E-state index is 10.4. The van der Waals surface area contributed by atoms with E-state index >= 15 is 0 Å². The van der Waals surface area contributed by atoms with Crippen LogP contribution in [0.25, 0.3) is 0 Å². The second-order valence-electron chi connectivity index (χ2n) is 1.95. The van der Waals surface area contributed by atoms with Crippen molar-refractivity contribution in [1.29, 1.82) is 0 Å². The highest BCUT2D eigenvalue weighted by atomic mass is 127. The summed E-state index contributed by atoms with van der Waals surface area (Å²) in [6.45, 7) is 0. The Kier molecular flexibility index (Phi) is 3.53. The van der Waals surface area contributed by atoms with Crippen LogP contribution in [0, 0.1) is 17.3 Å². The molecule has 0 unspecified atom stereocenters. The molecule has 0 amide bonds. The second kappa shape index (κ2) is 4.05. The lowest BCUT2D eigenvalue weighted by atomic mass is 10.3. The van der Waals surface area contributed by atoms with Gasteiger partial charge in [0.25, 0.3) is 5.69 Å². The first-order chi connectivity index (χ1) is 5.54. The predicted molar refractivity (Wildman–Crippen MR) is 63.5 cm³/mol. The molecule has 0 spiro atoms. The average molecular weight is 409 g/mol. The summed E-state index contributed by atoms with van der Waals surface area (Å²) >= 11 is 9.71. The highest BCUT2D eigenvalue weighted by molar-refractivity contribution is 14.1. The number of nitro benzene ring substituents is 1. The Bertz CT molecular complexity index is 343. The molecule has 0 radical (unpaired) electrons. The fraction of sp³-hybridized carbons (Fsp3) is 0. The minimum Gasteiger partial charge on any atom is -0.258 e. The van der Waals surface area contributed by atoms with Crippen LogP contribution in [-0.4, -0.2) is 4.92 Å². The van der Waals surface area contributed by atoms with E-state index in [2.05, 4.69) is 0 Å². The van der Waals surface area contributed by atoms with Gasteiger partial charge < -0.3 is 0 Å². The van der Waals surface area contributed by atoms with Gasteiger partial charge in [-0.2, -0.15) is 0 Å². The van der Waals surface area contributed by atoms with Crippen LogP contribution in [0.2, 0.25) is 5.02 Å². The predicted octanol–water partition coefficient (Wildman–Crippen LogP) is 3.46. The van der Waals surface area contributed by atoms with Crippen molar-refractivity contribution in [1.82, 2.24) is 0 Å². The normalized spacial score (nSPS) is 9.92. The topological polar surface area (TPSA) is 43.1 Å². The van der Waals surface area contributed by atoms with Gasteiger partial charge in [0.05, 0.1) is 9.95 Å². The van der Waals surface area contributed by atoms with Crippen molar-refractivity contribution in [3.05, 3.63) is 34.4 Å². The van der Waals surface area contributed by atoms with Gasteiger partial charge in [-0.05, 0) is 51.2 Å². The summed E-state index contributed by atoms with van der Waals surface area (Å²) < 4.78 is 1.32. The first kappa shape index (κ1) is 10.5. The van der Waals surface area contributed by atoms with E-state index in [1.165, 1.54) is 6.07 Å². The van der Waals surface area contributed by atoms with Crippen molar-refractivity contribution in [3.63, 3.8) is 0 Å². The van der Waals surface area contributed by atoms with Crippen LogP contribution in [0.15, 0.2) is 12.1 Å². The van der Waals surface area contributed by atoms with Crippen molar-refractivity contribution < 1.29 is 4.92 Å². The molecule has 0 aliphatic carbocycles. The van der Waals surface area contributed by atoms with Crippen molar-refractivity contribution in [3.8, 4) is 0 Å². The van der Waals surface area contributed by atoms with Crippen LogP contribution in [0.4, 0.5) is 5.69 Å². The third kappa shape index (κ3) is 1.99. The summed E-state index contributed by atoms with van der Waals surface area (Å²) in [5, 5.41) is 10.9. The first-order valence-electron chi connectivity index (χ1n) is 2.82. The summed E-state index contributed by atoms with van der Waals surface area (Å²) in [6, 6.07) is 3.08. The Labute approximate surface area is 101 Å². The lowest BCUT2D eigenvalue weighted by molar-refractivity contribution is -0.385. The van der Waals surface area contributed by atoms with E-state index in [4.69, 9.17) is 11.6 Å². The highest BCUT2D eigenvalue weighted by Crippen LogP contribution is 2.31. The molecule has 0 bridgehead atoms. The van der Waals surface area contributed by atoms with Crippen LogP contribution in [-0.2, 0) is 0 Å². The Morgan fingerprint density at radius 3 is 2.50 bits per heavy atom. The third-order valence-corrected chi connectivity index (χ3v) is 4.23. The van der Waals surface area contributed by atoms with E-state index in [-0.39, 0.29) is 5.69 Å². The van der Waals surface area contributed by atoms with Gasteiger partial charge in [-0.15, -0.1) is 0 Å². The van der Waals surface area contributed by atoms with Gasteiger partial charge in [0.1, 0.15) is 3.57 Å². The van der Waals surface area contributed by atoms with Gasteiger partial charge in [-0.3, -0.25) is 10.1 Å². The molecular weight excluding hydrogens is 407 g/mol. The number of hydrogen-bond acceptors (Lipinski definition) is 2. The van der Waals surface area contributed by atoms with E-state index < -0.39 is 4.92 Å². The van der Waals surface area contributed by atoms with Gasteiger partial charge in [0.2, 0.25) is 0 Å². The first-order valence-corrected chi connectivity index (χ1v) is 5.35. The molecule has 3 nitrogen and oxygen atoms in total. The molecule has 0 heterocycles. The molecule has 6 heteroatoms. The molecule has 0 aromatic heterocycles. The van der Waals surface area contributed by atoms with Gasteiger partial charge in [-0.25, -0.2) is 0 Å². The maximum atomic E-state index is 10.4. The zero-order valence-electron chi connectivity index (χ0n) is 5.55. The van der Waals surface area contributed by atoms with Gasteiger partial charge >= 0.3 is 0 Å². The molecule has 64 valence electrons. The zero-order valence-corrected chi connectivity index (χ0v) is 10.6. The third-order valence-electron chi connectivity index (χ3n) is 1.21. The number of nitro groups is 1. The second-order valence-corrected chi connectivity index (χ2v) is 4.57. The number of rotatable bonds is 1. The van der Waals surface area contributed by atoms with Crippen molar-refractivity contribution in [2.24, 2.45) is 0 Å². The van der Waals surface area contributed by atoms with Crippen molar-refractivity contribution >= 4 is 62.5 Å². The lowest BCUT2D eigenvalue weighted by Gasteiger charge is -1.99. The van der Waals surface area contributed by atoms with Crippen LogP contribution in [0.1, 0.15) is 0 Å². The smallest absolute Gasteiger partial charge is 0.258 e. The lowest BCUT2D eigenvalue weighted by Crippen LogP contribution is -1.92. The van der Waals surface area contributed by atoms with Gasteiger partial charge in [-0.1, -0.05) is 11.6 Å². The molecule has 0 saturated carbocycles. The molecule has 0 aliphatic rings. The number of hydrogen-bond donors (Lipinski definition) is 0. The monoisotopic (exact) mass is 409 g/mol. The fourth-order valence-corrected chi connectivity index (χ4v) is 2.45. The summed E-state index contributed by atoms with van der Waals surface area (Å²) in [4.78, 5) is 9.98. The SMILES string of the molecule is O=[N+]([O-])c1ccc(I)c(Cl)c1I. The van der Waals surface area contributed by atoms with Crippen molar-refractivity contribution in [2.45, 2.75) is 0 Å². The molecular formula is C6H2ClI2NO2. The summed E-state index contributed by atoms with van der Waals surface area (Å²) in [7, 11) is 0. The van der Waals surface area contributed by atoms with Crippen LogP contribution < -0.4 is 0 Å². The van der Waals surface area contributed by atoms with E-state index in [9.17, 15) is 10.1 Å². The average Bonchev–Trinajstić information content (AvgIpc) is 2.00. The van der Waals surface area contributed by atoms with E-state index in [0.717, 1.165) is 3.57 Å². The highest BCUT2D eigenvalue weighted by Gasteiger charge is 2.15. The molecule has 0 N–H and O–H groups in total. The van der Waals surface area contributed by atoms with Crippen LogP contribution >= 0.6 is 56.8 Å². The summed E-state index contributed by atoms with van der Waals surface area (Å²) in [5.41, 5.74) is 0.0565. The molecule has 0 atom stereocenters. The molecule has 0 saturated heterocycles. The quantitative estimate of drug-likeness (QED) is 0.309. The maximum Gasteiger partial charge on any atom is 0.284 e. The Hall–Kier alpha value is 0.370.